The third-order valence-electron chi connectivity index (χ3n) is 13.4. The number of hydroxylamine groups is 2. The number of unbranched alkanes of at least 4 members (excludes halogenated alkanes) is 24. The number of ether oxygens (including phenoxy) is 3. The van der Waals surface area contributed by atoms with Gasteiger partial charge in [0.15, 0.2) is 6.10 Å². The summed E-state index contributed by atoms with van der Waals surface area (Å²) in [6.45, 7) is 5.42. The van der Waals surface area contributed by atoms with Crippen LogP contribution in [0, 0.1) is 6.92 Å². The van der Waals surface area contributed by atoms with E-state index in [2.05, 4.69) is 26.0 Å². The van der Waals surface area contributed by atoms with Gasteiger partial charge in [0.1, 0.15) is 19.0 Å². The maximum atomic E-state index is 14.3. The van der Waals surface area contributed by atoms with Gasteiger partial charge in [-0.05, 0) is 61.7 Å². The molecule has 2 atom stereocenters. The van der Waals surface area contributed by atoms with E-state index in [-0.39, 0.29) is 50.4 Å². The Kier molecular flexibility index (Phi) is 34.1. The molecule has 0 fully saturated rings. The molecule has 0 saturated carbocycles. The summed E-state index contributed by atoms with van der Waals surface area (Å²) in [6.07, 6.45) is 30.1. The van der Waals surface area contributed by atoms with Gasteiger partial charge in [0, 0.05) is 23.5 Å². The van der Waals surface area contributed by atoms with Gasteiger partial charge in [-0.3, -0.25) is 37.6 Å². The second-order valence-electron chi connectivity index (χ2n) is 20.1. The minimum atomic E-state index is -4.41. The van der Waals surface area contributed by atoms with Crippen molar-refractivity contribution in [1.82, 2.24) is 5.06 Å². The Hall–Kier alpha value is -4.04. The van der Waals surface area contributed by atoms with Crippen molar-refractivity contribution in [2.24, 2.45) is 0 Å². The van der Waals surface area contributed by atoms with Crippen molar-refractivity contribution in [1.29, 1.82) is 0 Å². The van der Waals surface area contributed by atoms with Gasteiger partial charge in [0.2, 0.25) is 0 Å². The predicted molar refractivity (Wildman–Crippen MR) is 302 cm³/mol. The molecule has 0 N–H and O–H groups in total. The number of imide groups is 1. The van der Waals surface area contributed by atoms with Crippen LogP contribution in [0.2, 0.25) is 0 Å². The van der Waals surface area contributed by atoms with Crippen LogP contribution in [0.4, 0.5) is 0 Å². The fourth-order valence-electron chi connectivity index (χ4n) is 8.83. The molecule has 1 unspecified atom stereocenters. The lowest BCUT2D eigenvalue weighted by molar-refractivity contribution is -0.161. The molecule has 0 saturated heterocycles. The fraction of sp³-hybridized carbons (Fsp3) is 0.639. The molecule has 3 aromatic carbocycles. The zero-order valence-corrected chi connectivity index (χ0v) is 48.2. The van der Waals surface area contributed by atoms with Gasteiger partial charge >= 0.3 is 19.8 Å². The maximum absolute atomic E-state index is 14.3. The molecular formula is C61H92NO12PS. The number of nitrogens with zero attached hydrogens (tertiary/aromatic N) is 1. The number of aryl methyl sites for hydroxylation is 1. The topological polar surface area (TPSA) is 153 Å². The SMILES string of the molecule is CCCCCCCCCCCCCCCC(=O)OC[C@H](COP(=O)(OCCON1C(=O)c2ccccc2C1=O)OCCSc1ccc(OCc2ccc(C)cc2)cc1)OC(=O)CCCCCCCCCCCCCCC. The Morgan fingerprint density at radius 3 is 1.53 bits per heavy atom. The van der Waals surface area contributed by atoms with Gasteiger partial charge < -0.3 is 14.2 Å². The van der Waals surface area contributed by atoms with Crippen LogP contribution in [0.1, 0.15) is 225 Å². The molecule has 424 valence electrons. The number of hydrogen-bond donors (Lipinski definition) is 0. The van der Waals surface area contributed by atoms with E-state index in [9.17, 15) is 23.7 Å². The first kappa shape index (κ1) is 64.5. The number of phosphoric ester groups is 1. The molecule has 1 aliphatic rings. The van der Waals surface area contributed by atoms with Crippen LogP contribution >= 0.6 is 19.6 Å². The van der Waals surface area contributed by atoms with Crippen LogP contribution in [0.5, 0.6) is 5.75 Å². The lowest BCUT2D eigenvalue weighted by atomic mass is 10.0. The molecule has 76 heavy (non-hydrogen) atoms. The first-order valence-electron chi connectivity index (χ1n) is 29.0. The molecule has 3 aromatic rings. The highest BCUT2D eigenvalue weighted by atomic mass is 32.2. The van der Waals surface area contributed by atoms with Gasteiger partial charge in [-0.2, -0.15) is 0 Å². The standard InChI is InChI=1S/C61H92NO12PS/c1-4-6-8-10-12-14-16-18-20-22-24-26-28-34-58(63)69-49-54(74-59(64)35-29-27-25-23-21-19-17-15-13-11-9-7-5-2)50-73-75(67,71-45-44-70-62-60(65)56-32-30-31-33-57(56)61(62)66)72-46-47-76-55-42-40-53(41-43-55)68-48-52-38-36-51(3)37-39-52/h30-33,36-43,54H,4-29,34-35,44-50H2,1-3H3/t54-,75?/m1/s1. The van der Waals surface area contributed by atoms with E-state index < -0.39 is 44.3 Å². The summed E-state index contributed by atoms with van der Waals surface area (Å²) >= 11 is 1.46. The van der Waals surface area contributed by atoms with Crippen LogP contribution in [-0.4, -0.2) is 73.7 Å². The molecule has 0 spiro atoms. The van der Waals surface area contributed by atoms with E-state index in [1.807, 2.05) is 43.3 Å². The van der Waals surface area contributed by atoms with Gasteiger partial charge in [0.25, 0.3) is 11.8 Å². The highest BCUT2D eigenvalue weighted by Crippen LogP contribution is 2.50. The van der Waals surface area contributed by atoms with Crippen LogP contribution in [0.25, 0.3) is 0 Å². The largest absolute Gasteiger partial charge is 0.489 e. The molecule has 13 nitrogen and oxygen atoms in total. The third kappa shape index (κ3) is 28.0. The Balaban J connectivity index is 1.28. The summed E-state index contributed by atoms with van der Waals surface area (Å²) < 4.78 is 49.1. The number of thioether (sulfide) groups is 1. The number of benzene rings is 3. The van der Waals surface area contributed by atoms with E-state index in [1.54, 1.807) is 12.1 Å². The quantitative estimate of drug-likeness (QED) is 0.0173. The second kappa shape index (κ2) is 40.2. The number of hydrogen-bond acceptors (Lipinski definition) is 13. The molecule has 15 heteroatoms. The van der Waals surface area contributed by atoms with Gasteiger partial charge in [-0.15, -0.1) is 16.8 Å². The minimum absolute atomic E-state index is 0.0650. The predicted octanol–water partition coefficient (Wildman–Crippen LogP) is 16.5. The van der Waals surface area contributed by atoms with Crippen molar-refractivity contribution in [3.8, 4) is 5.75 Å². The van der Waals surface area contributed by atoms with Gasteiger partial charge in [0.05, 0.1) is 37.6 Å². The minimum Gasteiger partial charge on any atom is -0.489 e. The molecule has 0 bridgehead atoms. The lowest BCUT2D eigenvalue weighted by Crippen LogP contribution is -2.31. The second-order valence-corrected chi connectivity index (χ2v) is 22.9. The number of carbonyl (C=O) groups excluding carboxylic acids is 4. The molecule has 0 aliphatic carbocycles. The summed E-state index contributed by atoms with van der Waals surface area (Å²) in [4.78, 5) is 58.4. The number of fused-ring (bicyclic) bond motifs is 1. The van der Waals surface area contributed by atoms with E-state index in [0.717, 1.165) is 54.7 Å². The Labute approximate surface area is 460 Å². The maximum Gasteiger partial charge on any atom is 0.475 e. The fourth-order valence-corrected chi connectivity index (χ4v) is 10.9. The van der Waals surface area contributed by atoms with E-state index in [1.165, 1.54) is 145 Å². The van der Waals surface area contributed by atoms with Crippen LogP contribution in [0.3, 0.4) is 0 Å². The van der Waals surface area contributed by atoms with Gasteiger partial charge in [-0.1, -0.05) is 210 Å². The number of amides is 2. The smallest absolute Gasteiger partial charge is 0.475 e. The molecule has 2 amide bonds. The Morgan fingerprint density at radius 2 is 1.01 bits per heavy atom. The highest BCUT2D eigenvalue weighted by molar-refractivity contribution is 7.99. The molecule has 1 heterocycles. The highest BCUT2D eigenvalue weighted by Gasteiger charge is 2.37. The number of carbonyl (C=O) groups is 4. The van der Waals surface area contributed by atoms with E-state index >= 15 is 0 Å². The number of esters is 2. The first-order valence-corrected chi connectivity index (χ1v) is 31.5. The monoisotopic (exact) mass is 1090 g/mol. The number of rotatable bonds is 47. The molecule has 1 aliphatic heterocycles. The normalized spacial score (nSPS) is 13.4. The van der Waals surface area contributed by atoms with Crippen LogP contribution in [-0.2, 0) is 48.6 Å². The van der Waals surface area contributed by atoms with Gasteiger partial charge in [-0.25, -0.2) is 4.57 Å². The molecule has 4 rings (SSSR count). The van der Waals surface area contributed by atoms with Crippen molar-refractivity contribution in [3.63, 3.8) is 0 Å². The van der Waals surface area contributed by atoms with Crippen LogP contribution < -0.4 is 4.74 Å². The van der Waals surface area contributed by atoms with Crippen molar-refractivity contribution in [2.75, 3.05) is 38.8 Å². The van der Waals surface area contributed by atoms with E-state index in [0.29, 0.717) is 30.3 Å². The van der Waals surface area contributed by atoms with Crippen molar-refractivity contribution >= 4 is 43.3 Å². The zero-order valence-electron chi connectivity index (χ0n) is 46.5. The van der Waals surface area contributed by atoms with Crippen LogP contribution in [0.15, 0.2) is 77.7 Å². The molecule has 0 aromatic heterocycles. The third-order valence-corrected chi connectivity index (χ3v) is 15.8. The summed E-state index contributed by atoms with van der Waals surface area (Å²) in [5.74, 6) is -1.04. The summed E-state index contributed by atoms with van der Waals surface area (Å²) in [6, 6.07) is 22.2. The molecular weight excluding hydrogens is 1000 g/mol. The summed E-state index contributed by atoms with van der Waals surface area (Å²) in [5, 5.41) is 0.648. The number of phosphoric acid groups is 1. The molecule has 0 radical (unpaired) electrons. The van der Waals surface area contributed by atoms with Crippen molar-refractivity contribution in [3.05, 3.63) is 95.1 Å². The van der Waals surface area contributed by atoms with Crippen molar-refractivity contribution < 1.29 is 56.4 Å². The van der Waals surface area contributed by atoms with E-state index in [4.69, 9.17) is 32.6 Å². The average Bonchev–Trinajstić information content (AvgIpc) is 3.68. The first-order chi connectivity index (χ1) is 37.1. The lowest BCUT2D eigenvalue weighted by Gasteiger charge is -2.22. The average molecular weight is 1090 g/mol. The van der Waals surface area contributed by atoms with Crippen molar-refractivity contribution in [2.45, 2.75) is 218 Å². The Morgan fingerprint density at radius 1 is 0.539 bits per heavy atom. The zero-order chi connectivity index (χ0) is 54.3. The summed E-state index contributed by atoms with van der Waals surface area (Å²) in [7, 11) is -4.41. The summed E-state index contributed by atoms with van der Waals surface area (Å²) in [5.41, 5.74) is 2.69. The Bertz CT molecular complexity index is 2070.